The van der Waals surface area contributed by atoms with Gasteiger partial charge in [-0.25, -0.2) is 0 Å². The molecule has 2 nitrogen and oxygen atoms in total. The second-order valence-electron chi connectivity index (χ2n) is 2.96. The molecule has 13 heavy (non-hydrogen) atoms. The first-order valence-corrected chi connectivity index (χ1v) is 4.69. The van der Waals surface area contributed by atoms with E-state index < -0.39 is 0 Å². The number of halogens is 2. The van der Waals surface area contributed by atoms with E-state index in [4.69, 9.17) is 28.9 Å². The molecule has 0 saturated carbocycles. The molecule has 0 amide bonds. The zero-order valence-corrected chi connectivity index (χ0v) is 8.73. The van der Waals surface area contributed by atoms with Crippen molar-refractivity contribution in [2.45, 2.75) is 12.8 Å². The second-order valence-corrected chi connectivity index (χ2v) is 3.77. The molecule has 1 unspecified atom stereocenters. The first kappa shape index (κ1) is 10.6. The number of phenolic OH excluding ortho intramolecular Hbond substituents is 1. The van der Waals surface area contributed by atoms with Crippen LogP contribution in [0.25, 0.3) is 0 Å². The average Bonchev–Trinajstić information content (AvgIpc) is 2.02. The normalized spacial score (nSPS) is 12.9. The molecule has 3 N–H and O–H groups in total. The van der Waals surface area contributed by atoms with Crippen LogP contribution in [-0.4, -0.2) is 11.7 Å². The van der Waals surface area contributed by atoms with Crippen molar-refractivity contribution in [1.29, 1.82) is 0 Å². The van der Waals surface area contributed by atoms with Gasteiger partial charge in [-0.05, 0) is 30.2 Å². The lowest BCUT2D eigenvalue weighted by molar-refractivity contribution is 0.475. The molecule has 0 aliphatic heterocycles. The first-order valence-electron chi connectivity index (χ1n) is 3.94. The fourth-order valence-corrected chi connectivity index (χ4v) is 2.01. The van der Waals surface area contributed by atoms with Crippen LogP contribution >= 0.6 is 23.2 Å². The maximum Gasteiger partial charge on any atom is 0.118 e. The van der Waals surface area contributed by atoms with Crippen LogP contribution in [-0.2, 0) is 0 Å². The first-order chi connectivity index (χ1) is 6.06. The van der Waals surface area contributed by atoms with Crippen molar-refractivity contribution < 1.29 is 5.11 Å². The van der Waals surface area contributed by atoms with Crippen LogP contribution in [0, 0.1) is 0 Å². The lowest BCUT2D eigenvalue weighted by Gasteiger charge is -2.13. The molecule has 0 aliphatic rings. The van der Waals surface area contributed by atoms with Crippen LogP contribution in [0.2, 0.25) is 10.0 Å². The quantitative estimate of drug-likeness (QED) is 0.804. The van der Waals surface area contributed by atoms with Gasteiger partial charge in [-0.15, -0.1) is 0 Å². The van der Waals surface area contributed by atoms with Crippen LogP contribution in [0.3, 0.4) is 0 Å². The molecule has 0 saturated heterocycles. The van der Waals surface area contributed by atoms with Crippen molar-refractivity contribution in [2.24, 2.45) is 5.73 Å². The Bertz CT molecular complexity index is 291. The number of aromatic hydroxyl groups is 1. The Kier molecular flexibility index (Phi) is 3.42. The summed E-state index contributed by atoms with van der Waals surface area (Å²) in [5.74, 6) is 0.170. The van der Waals surface area contributed by atoms with Gasteiger partial charge in [0.25, 0.3) is 0 Å². The monoisotopic (exact) mass is 219 g/mol. The topological polar surface area (TPSA) is 46.2 Å². The highest BCUT2D eigenvalue weighted by Gasteiger charge is 2.13. The summed E-state index contributed by atoms with van der Waals surface area (Å²) < 4.78 is 0. The number of nitrogens with two attached hydrogens (primary N) is 1. The smallest absolute Gasteiger partial charge is 0.118 e. The number of rotatable bonds is 2. The Labute approximate surface area is 87.3 Å². The molecule has 1 rings (SSSR count). The molecular weight excluding hydrogens is 209 g/mol. The van der Waals surface area contributed by atoms with E-state index in [-0.39, 0.29) is 11.7 Å². The van der Waals surface area contributed by atoms with Gasteiger partial charge in [-0.1, -0.05) is 30.1 Å². The predicted molar refractivity (Wildman–Crippen MR) is 55.6 cm³/mol. The average molecular weight is 220 g/mol. The molecule has 0 heterocycles. The molecule has 0 spiro atoms. The van der Waals surface area contributed by atoms with Gasteiger partial charge in [-0.3, -0.25) is 0 Å². The van der Waals surface area contributed by atoms with Crippen LogP contribution in [0.4, 0.5) is 0 Å². The zero-order valence-electron chi connectivity index (χ0n) is 7.22. The summed E-state index contributed by atoms with van der Waals surface area (Å²) in [6, 6.07) is 2.93. The van der Waals surface area contributed by atoms with Gasteiger partial charge < -0.3 is 10.8 Å². The Balaban J connectivity index is 3.20. The van der Waals surface area contributed by atoms with Gasteiger partial charge >= 0.3 is 0 Å². The third kappa shape index (κ3) is 2.27. The van der Waals surface area contributed by atoms with Crippen molar-refractivity contribution in [3.63, 3.8) is 0 Å². The molecule has 4 heteroatoms. The molecule has 0 radical (unpaired) electrons. The highest BCUT2D eigenvalue weighted by molar-refractivity contribution is 6.36. The highest BCUT2D eigenvalue weighted by atomic mass is 35.5. The van der Waals surface area contributed by atoms with Crippen molar-refractivity contribution >= 4 is 23.2 Å². The van der Waals surface area contributed by atoms with Gasteiger partial charge in [0.2, 0.25) is 0 Å². The third-order valence-corrected chi connectivity index (χ3v) is 2.54. The summed E-state index contributed by atoms with van der Waals surface area (Å²) in [7, 11) is 0. The van der Waals surface area contributed by atoms with Gasteiger partial charge in [0.15, 0.2) is 0 Å². The maximum atomic E-state index is 9.17. The Morgan fingerprint density at radius 1 is 1.38 bits per heavy atom. The van der Waals surface area contributed by atoms with E-state index in [1.54, 1.807) is 0 Å². The van der Waals surface area contributed by atoms with E-state index >= 15 is 0 Å². The molecule has 0 bridgehead atoms. The number of hydrogen-bond acceptors (Lipinski definition) is 2. The van der Waals surface area contributed by atoms with E-state index in [1.807, 2.05) is 6.92 Å². The van der Waals surface area contributed by atoms with Crippen molar-refractivity contribution in [1.82, 2.24) is 0 Å². The van der Waals surface area contributed by atoms with Crippen molar-refractivity contribution in [3.8, 4) is 5.75 Å². The predicted octanol–water partition coefficient (Wildman–Crippen LogP) is 2.76. The molecule has 0 fully saturated rings. The number of benzene rings is 1. The summed E-state index contributed by atoms with van der Waals surface area (Å²) in [6.45, 7) is 2.41. The van der Waals surface area contributed by atoms with E-state index in [0.717, 1.165) is 5.56 Å². The molecule has 1 aromatic rings. The van der Waals surface area contributed by atoms with Crippen molar-refractivity contribution in [3.05, 3.63) is 27.7 Å². The summed E-state index contributed by atoms with van der Waals surface area (Å²) >= 11 is 11.8. The largest absolute Gasteiger partial charge is 0.508 e. The highest BCUT2D eigenvalue weighted by Crippen LogP contribution is 2.34. The van der Waals surface area contributed by atoms with E-state index in [1.165, 1.54) is 12.1 Å². The summed E-state index contributed by atoms with van der Waals surface area (Å²) in [6.07, 6.45) is 0. The molecular formula is C9H11Cl2NO. The second kappa shape index (κ2) is 4.18. The van der Waals surface area contributed by atoms with E-state index in [0.29, 0.717) is 16.6 Å². The lowest BCUT2D eigenvalue weighted by atomic mass is 10.0. The van der Waals surface area contributed by atoms with Crippen LogP contribution in [0.1, 0.15) is 18.4 Å². The van der Waals surface area contributed by atoms with Gasteiger partial charge in [-0.2, -0.15) is 0 Å². The Morgan fingerprint density at radius 3 is 2.23 bits per heavy atom. The van der Waals surface area contributed by atoms with Crippen LogP contribution < -0.4 is 5.73 Å². The Morgan fingerprint density at radius 2 is 1.85 bits per heavy atom. The lowest BCUT2D eigenvalue weighted by Crippen LogP contribution is -2.09. The van der Waals surface area contributed by atoms with Gasteiger partial charge in [0, 0.05) is 10.0 Å². The van der Waals surface area contributed by atoms with Gasteiger partial charge in [0.1, 0.15) is 5.75 Å². The number of phenols is 1. The summed E-state index contributed by atoms with van der Waals surface area (Å²) in [5.41, 5.74) is 6.30. The molecule has 1 aromatic carbocycles. The zero-order chi connectivity index (χ0) is 10.0. The third-order valence-electron chi connectivity index (χ3n) is 1.91. The summed E-state index contributed by atoms with van der Waals surface area (Å²) in [4.78, 5) is 0. The van der Waals surface area contributed by atoms with Crippen LogP contribution in [0.5, 0.6) is 5.75 Å². The van der Waals surface area contributed by atoms with E-state index in [2.05, 4.69) is 0 Å². The fraction of sp³-hybridized carbons (Fsp3) is 0.333. The van der Waals surface area contributed by atoms with Crippen molar-refractivity contribution in [2.75, 3.05) is 6.54 Å². The van der Waals surface area contributed by atoms with Gasteiger partial charge in [0.05, 0.1) is 0 Å². The Hall–Kier alpha value is -0.440. The molecule has 1 atom stereocenters. The minimum absolute atomic E-state index is 0.0722. The minimum Gasteiger partial charge on any atom is -0.508 e. The summed E-state index contributed by atoms with van der Waals surface area (Å²) in [5, 5.41) is 10.1. The molecule has 72 valence electrons. The maximum absolute atomic E-state index is 9.17. The fourth-order valence-electron chi connectivity index (χ4n) is 1.16. The SMILES string of the molecule is CC(CN)c1c(Cl)cc(O)cc1Cl. The standard InChI is InChI=1S/C9H11Cl2NO/c1-5(4-12)9-7(10)2-6(13)3-8(9)11/h2-3,5,13H,4,12H2,1H3. The van der Waals surface area contributed by atoms with Crippen LogP contribution in [0.15, 0.2) is 12.1 Å². The molecule has 0 aromatic heterocycles. The molecule has 0 aliphatic carbocycles. The number of hydrogen-bond donors (Lipinski definition) is 2. The minimum atomic E-state index is 0.0722. The van der Waals surface area contributed by atoms with E-state index in [9.17, 15) is 5.11 Å².